The number of aromatic nitrogens is 2. The molecule has 0 unspecified atom stereocenters. The van der Waals surface area contributed by atoms with E-state index in [0.717, 1.165) is 47.3 Å². The third-order valence-electron chi connectivity index (χ3n) is 6.09. The molecule has 1 amide bonds. The molecule has 0 fully saturated rings. The van der Waals surface area contributed by atoms with Crippen molar-refractivity contribution in [1.82, 2.24) is 9.78 Å². The number of carbonyl (C=O) groups excluding carboxylic acids is 1. The topological polar surface area (TPSA) is 87.8 Å². The summed E-state index contributed by atoms with van der Waals surface area (Å²) in [4.78, 5) is 28.1. The van der Waals surface area contributed by atoms with Crippen LogP contribution in [0.2, 0.25) is 0 Å². The number of rotatable bonds is 4. The molecule has 1 aliphatic carbocycles. The number of nitriles is 1. The Morgan fingerprint density at radius 3 is 2.35 bits per heavy atom. The molecule has 4 aromatic rings. The third-order valence-corrected chi connectivity index (χ3v) is 7.30. The summed E-state index contributed by atoms with van der Waals surface area (Å²) >= 11 is 1.44. The van der Waals surface area contributed by atoms with Gasteiger partial charge in [0.05, 0.1) is 11.3 Å². The number of thiophene rings is 1. The Labute approximate surface area is 201 Å². The Morgan fingerprint density at radius 2 is 1.68 bits per heavy atom. The van der Waals surface area contributed by atoms with Gasteiger partial charge in [0.2, 0.25) is 0 Å². The van der Waals surface area contributed by atoms with Crippen molar-refractivity contribution in [2.45, 2.75) is 25.7 Å². The maximum Gasteiger partial charge on any atom is 0.280 e. The summed E-state index contributed by atoms with van der Waals surface area (Å²) in [6.07, 6.45) is 3.87. The lowest BCUT2D eigenvalue weighted by molar-refractivity contribution is 0.102. The van der Waals surface area contributed by atoms with Crippen molar-refractivity contribution in [3.63, 3.8) is 0 Å². The van der Waals surface area contributed by atoms with Gasteiger partial charge in [-0.1, -0.05) is 60.7 Å². The Kier molecular flexibility index (Phi) is 5.83. The largest absolute Gasteiger partial charge is 0.312 e. The van der Waals surface area contributed by atoms with E-state index in [1.165, 1.54) is 16.0 Å². The first-order valence-corrected chi connectivity index (χ1v) is 12.0. The fourth-order valence-corrected chi connectivity index (χ4v) is 5.70. The highest BCUT2D eigenvalue weighted by Gasteiger charge is 2.27. The molecular formula is C27H22N4O2S. The molecule has 5 rings (SSSR count). The minimum Gasteiger partial charge on any atom is -0.312 e. The standard InChI is InChI=1S/C27H22N4O2S/c1-31-27(33)23(25(32)29-26-20(16-28)19-14-8-9-15-21(19)34-26)22(17-10-4-2-5-11-17)24(30-31)18-12-6-3-7-13-18/h2-7,10-13H,8-9,14-15H2,1H3,(H,29,32). The number of benzene rings is 2. The summed E-state index contributed by atoms with van der Waals surface area (Å²) in [5.74, 6) is -0.533. The molecular weight excluding hydrogens is 444 g/mol. The number of hydrogen-bond acceptors (Lipinski definition) is 5. The number of amides is 1. The van der Waals surface area contributed by atoms with Gasteiger partial charge in [0.25, 0.3) is 11.5 Å². The summed E-state index contributed by atoms with van der Waals surface area (Å²) in [5, 5.41) is 17.8. The molecule has 0 spiro atoms. The summed E-state index contributed by atoms with van der Waals surface area (Å²) in [6.45, 7) is 0. The van der Waals surface area contributed by atoms with Gasteiger partial charge in [-0.05, 0) is 36.8 Å². The van der Waals surface area contributed by atoms with Gasteiger partial charge in [-0.15, -0.1) is 11.3 Å². The molecule has 2 aromatic heterocycles. The van der Waals surface area contributed by atoms with Crippen molar-refractivity contribution in [2.75, 3.05) is 5.32 Å². The van der Waals surface area contributed by atoms with Crippen LogP contribution in [0.4, 0.5) is 5.00 Å². The number of anilines is 1. The monoisotopic (exact) mass is 466 g/mol. The van der Waals surface area contributed by atoms with Crippen molar-refractivity contribution < 1.29 is 4.79 Å². The zero-order chi connectivity index (χ0) is 23.7. The van der Waals surface area contributed by atoms with Crippen LogP contribution in [0.5, 0.6) is 0 Å². The lowest BCUT2D eigenvalue weighted by Gasteiger charge is -2.15. The second-order valence-corrected chi connectivity index (χ2v) is 9.35. The smallest absolute Gasteiger partial charge is 0.280 e. The number of aryl methyl sites for hydroxylation is 2. The van der Waals surface area contributed by atoms with Crippen LogP contribution in [0.25, 0.3) is 22.4 Å². The van der Waals surface area contributed by atoms with E-state index in [4.69, 9.17) is 0 Å². The fourth-order valence-electron chi connectivity index (χ4n) is 4.47. The highest BCUT2D eigenvalue weighted by atomic mass is 32.1. The van der Waals surface area contributed by atoms with E-state index in [-0.39, 0.29) is 5.56 Å². The van der Waals surface area contributed by atoms with Crippen molar-refractivity contribution in [2.24, 2.45) is 7.05 Å². The van der Waals surface area contributed by atoms with Gasteiger partial charge in [0.1, 0.15) is 16.6 Å². The minimum absolute atomic E-state index is 0.0119. The molecule has 0 atom stereocenters. The molecule has 1 N–H and O–H groups in total. The molecule has 7 heteroatoms. The van der Waals surface area contributed by atoms with Crippen LogP contribution in [-0.2, 0) is 19.9 Å². The van der Waals surface area contributed by atoms with Crippen LogP contribution >= 0.6 is 11.3 Å². The molecule has 0 saturated carbocycles. The molecule has 34 heavy (non-hydrogen) atoms. The summed E-state index contributed by atoms with van der Waals surface area (Å²) in [7, 11) is 1.55. The van der Waals surface area contributed by atoms with E-state index in [1.54, 1.807) is 7.05 Å². The fraction of sp³-hybridized carbons (Fsp3) is 0.185. The predicted octanol–water partition coefficient (Wildman–Crippen LogP) is 5.18. The van der Waals surface area contributed by atoms with Crippen molar-refractivity contribution in [1.29, 1.82) is 5.26 Å². The van der Waals surface area contributed by atoms with Crippen LogP contribution in [0.3, 0.4) is 0 Å². The number of carbonyl (C=O) groups is 1. The zero-order valence-corrected chi connectivity index (χ0v) is 19.5. The van der Waals surface area contributed by atoms with Gasteiger partial charge in [-0.3, -0.25) is 9.59 Å². The Morgan fingerprint density at radius 1 is 1.03 bits per heavy atom. The predicted molar refractivity (Wildman–Crippen MR) is 134 cm³/mol. The van der Waals surface area contributed by atoms with Crippen molar-refractivity contribution in [3.05, 3.63) is 92.6 Å². The van der Waals surface area contributed by atoms with Gasteiger partial charge in [0.15, 0.2) is 0 Å². The van der Waals surface area contributed by atoms with E-state index in [9.17, 15) is 14.9 Å². The molecule has 0 aliphatic heterocycles. The second-order valence-electron chi connectivity index (χ2n) is 8.24. The van der Waals surface area contributed by atoms with E-state index < -0.39 is 11.5 Å². The van der Waals surface area contributed by atoms with Gasteiger partial charge >= 0.3 is 0 Å². The van der Waals surface area contributed by atoms with Gasteiger partial charge in [-0.2, -0.15) is 10.4 Å². The molecule has 168 valence electrons. The number of hydrogen-bond donors (Lipinski definition) is 1. The van der Waals surface area contributed by atoms with Crippen molar-refractivity contribution in [3.8, 4) is 28.5 Å². The van der Waals surface area contributed by atoms with E-state index in [1.807, 2.05) is 60.7 Å². The molecule has 0 radical (unpaired) electrons. The zero-order valence-electron chi connectivity index (χ0n) is 18.7. The maximum absolute atomic E-state index is 13.7. The average molecular weight is 467 g/mol. The molecule has 1 aliphatic rings. The van der Waals surface area contributed by atoms with E-state index in [2.05, 4.69) is 16.5 Å². The quantitative estimate of drug-likeness (QED) is 0.449. The summed E-state index contributed by atoms with van der Waals surface area (Å²) < 4.78 is 1.20. The van der Waals surface area contributed by atoms with Crippen LogP contribution in [0, 0.1) is 11.3 Å². The van der Waals surface area contributed by atoms with E-state index >= 15 is 0 Å². The lowest BCUT2D eigenvalue weighted by Crippen LogP contribution is -2.31. The van der Waals surface area contributed by atoms with E-state index in [0.29, 0.717) is 21.8 Å². The van der Waals surface area contributed by atoms with Crippen LogP contribution < -0.4 is 10.9 Å². The first-order chi connectivity index (χ1) is 16.6. The van der Waals surface area contributed by atoms with Gasteiger partial charge in [0, 0.05) is 23.1 Å². The highest BCUT2D eigenvalue weighted by molar-refractivity contribution is 7.16. The van der Waals surface area contributed by atoms with Crippen molar-refractivity contribution >= 4 is 22.2 Å². The highest BCUT2D eigenvalue weighted by Crippen LogP contribution is 2.38. The first kappa shape index (κ1) is 21.8. The number of nitrogens with one attached hydrogen (secondary N) is 1. The average Bonchev–Trinajstić information content (AvgIpc) is 3.23. The molecule has 2 aromatic carbocycles. The van der Waals surface area contributed by atoms with Crippen LogP contribution in [0.15, 0.2) is 65.5 Å². The van der Waals surface area contributed by atoms with Crippen LogP contribution in [-0.4, -0.2) is 15.7 Å². The molecule has 0 saturated heterocycles. The van der Waals surface area contributed by atoms with Gasteiger partial charge in [-0.25, -0.2) is 4.68 Å². The summed E-state index contributed by atoms with van der Waals surface area (Å²) in [5.41, 5.74) is 3.62. The molecule has 0 bridgehead atoms. The SMILES string of the molecule is Cn1nc(-c2ccccc2)c(-c2ccccc2)c(C(=O)Nc2sc3c(c2C#N)CCCC3)c1=O. The lowest BCUT2D eigenvalue weighted by atomic mass is 9.95. The Bertz CT molecular complexity index is 1480. The molecule has 6 nitrogen and oxygen atoms in total. The maximum atomic E-state index is 13.7. The first-order valence-electron chi connectivity index (χ1n) is 11.2. The number of fused-ring (bicyclic) bond motifs is 1. The second kappa shape index (κ2) is 9.08. The normalized spacial score (nSPS) is 12.6. The Hall–Kier alpha value is -4.02. The Balaban J connectivity index is 1.70. The summed E-state index contributed by atoms with van der Waals surface area (Å²) in [6, 6.07) is 21.1. The number of nitrogens with zero attached hydrogens (tertiary/aromatic N) is 3. The third kappa shape index (κ3) is 3.82. The van der Waals surface area contributed by atoms with Crippen LogP contribution in [0.1, 0.15) is 39.2 Å². The van der Waals surface area contributed by atoms with Gasteiger partial charge < -0.3 is 5.32 Å². The molecule has 2 heterocycles. The minimum atomic E-state index is -0.533.